The molecular formula is C17H26N4. The first-order valence-electron chi connectivity index (χ1n) is 7.91. The van der Waals surface area contributed by atoms with Crippen LogP contribution >= 0.6 is 0 Å². The van der Waals surface area contributed by atoms with E-state index in [0.717, 1.165) is 16.9 Å². The quantitative estimate of drug-likeness (QED) is 0.942. The van der Waals surface area contributed by atoms with Gasteiger partial charge in [-0.05, 0) is 71.6 Å². The van der Waals surface area contributed by atoms with Crippen molar-refractivity contribution >= 4 is 11.0 Å². The van der Waals surface area contributed by atoms with Gasteiger partial charge in [0, 0.05) is 6.04 Å². The molecule has 1 N–H and O–H groups in total. The van der Waals surface area contributed by atoms with Crippen LogP contribution in [-0.4, -0.2) is 53.0 Å². The van der Waals surface area contributed by atoms with Gasteiger partial charge in [-0.3, -0.25) is 4.90 Å². The number of benzene rings is 1. The lowest BCUT2D eigenvalue weighted by atomic mass is 10.0. The molecule has 4 nitrogen and oxygen atoms in total. The smallest absolute Gasteiger partial charge is 0.124 e. The highest BCUT2D eigenvalue weighted by molar-refractivity contribution is 5.75. The highest BCUT2D eigenvalue weighted by Gasteiger charge is 2.25. The summed E-state index contributed by atoms with van der Waals surface area (Å²) in [5.41, 5.74) is 3.49. The van der Waals surface area contributed by atoms with Crippen molar-refractivity contribution in [1.29, 1.82) is 0 Å². The molecule has 114 valence electrons. The third kappa shape index (κ3) is 2.97. The number of fused-ring (bicyclic) bond motifs is 1. The Morgan fingerprint density at radius 3 is 2.76 bits per heavy atom. The van der Waals surface area contributed by atoms with Crippen LogP contribution in [0.1, 0.15) is 37.2 Å². The maximum absolute atomic E-state index is 4.78. The zero-order valence-corrected chi connectivity index (χ0v) is 13.6. The minimum absolute atomic E-state index is 0.325. The van der Waals surface area contributed by atoms with Gasteiger partial charge in [-0.2, -0.15) is 0 Å². The number of hydrogen-bond donors (Lipinski definition) is 1. The molecule has 2 aromatic rings. The average Bonchev–Trinajstić information content (AvgIpc) is 2.89. The van der Waals surface area contributed by atoms with Gasteiger partial charge in [0.05, 0.1) is 17.1 Å². The van der Waals surface area contributed by atoms with Crippen LogP contribution < -0.4 is 0 Å². The second-order valence-electron chi connectivity index (χ2n) is 6.52. The van der Waals surface area contributed by atoms with E-state index in [4.69, 9.17) is 4.98 Å². The molecular weight excluding hydrogens is 260 g/mol. The van der Waals surface area contributed by atoms with Crippen LogP contribution in [0.15, 0.2) is 18.2 Å². The number of H-pyrrole nitrogens is 1. The van der Waals surface area contributed by atoms with Gasteiger partial charge in [0.2, 0.25) is 0 Å². The number of hydrogen-bond acceptors (Lipinski definition) is 3. The standard InChI is InChI=1S/C17H26N4/c1-12-5-6-15-16(11-12)19-17(18-15)13(2)21(4)14-7-9-20(3)10-8-14/h5-6,11,13-14H,7-10H2,1-4H3,(H,18,19). The average molecular weight is 286 g/mol. The van der Waals surface area contributed by atoms with Crippen LogP contribution in [0.4, 0.5) is 0 Å². The first-order valence-corrected chi connectivity index (χ1v) is 7.91. The fourth-order valence-electron chi connectivity index (χ4n) is 3.25. The SMILES string of the molecule is Cc1ccc2nc(C(C)N(C)C3CCN(C)CC3)[nH]c2c1. The number of rotatable bonds is 3. The Morgan fingerprint density at radius 1 is 1.33 bits per heavy atom. The van der Waals surface area contributed by atoms with E-state index in [0.29, 0.717) is 12.1 Å². The molecule has 0 radical (unpaired) electrons. The summed E-state index contributed by atoms with van der Waals surface area (Å²) in [6.45, 7) is 6.76. The molecule has 1 aromatic carbocycles. The van der Waals surface area contributed by atoms with E-state index in [9.17, 15) is 0 Å². The summed E-state index contributed by atoms with van der Waals surface area (Å²) in [5, 5.41) is 0. The van der Waals surface area contributed by atoms with Crippen LogP contribution in [0.3, 0.4) is 0 Å². The van der Waals surface area contributed by atoms with Crippen molar-refractivity contribution in [2.75, 3.05) is 27.2 Å². The predicted octanol–water partition coefficient (Wildman–Crippen LogP) is 2.96. The van der Waals surface area contributed by atoms with Gasteiger partial charge < -0.3 is 9.88 Å². The van der Waals surface area contributed by atoms with Gasteiger partial charge in [0.15, 0.2) is 0 Å². The molecule has 1 aliphatic heterocycles. The molecule has 0 bridgehead atoms. The molecule has 4 heteroatoms. The lowest BCUT2D eigenvalue weighted by Gasteiger charge is -2.37. The van der Waals surface area contributed by atoms with Crippen molar-refractivity contribution in [1.82, 2.24) is 19.8 Å². The van der Waals surface area contributed by atoms with Crippen molar-refractivity contribution in [3.63, 3.8) is 0 Å². The van der Waals surface area contributed by atoms with Crippen LogP contribution in [0, 0.1) is 6.92 Å². The van der Waals surface area contributed by atoms with Gasteiger partial charge in [0.1, 0.15) is 5.82 Å². The van der Waals surface area contributed by atoms with Gasteiger partial charge in [-0.15, -0.1) is 0 Å². The van der Waals surface area contributed by atoms with Gasteiger partial charge in [0.25, 0.3) is 0 Å². The molecule has 0 saturated carbocycles. The third-order valence-corrected chi connectivity index (χ3v) is 4.93. The molecule has 0 spiro atoms. The van der Waals surface area contributed by atoms with Crippen LogP contribution in [-0.2, 0) is 0 Å². The molecule has 3 rings (SSSR count). The maximum Gasteiger partial charge on any atom is 0.124 e. The van der Waals surface area contributed by atoms with Crippen LogP contribution in [0.2, 0.25) is 0 Å². The Bertz CT molecular complexity index is 610. The zero-order chi connectivity index (χ0) is 15.0. The maximum atomic E-state index is 4.78. The summed E-state index contributed by atoms with van der Waals surface area (Å²) in [6.07, 6.45) is 2.49. The number of aromatic amines is 1. The molecule has 2 heterocycles. The number of aryl methyl sites for hydroxylation is 1. The number of piperidine rings is 1. The monoisotopic (exact) mass is 286 g/mol. The van der Waals surface area contributed by atoms with E-state index in [-0.39, 0.29) is 0 Å². The Hall–Kier alpha value is -1.39. The van der Waals surface area contributed by atoms with Gasteiger partial charge in [-0.1, -0.05) is 6.07 Å². The number of imidazole rings is 1. The summed E-state index contributed by atoms with van der Waals surface area (Å²) in [7, 11) is 4.44. The Kier molecular flexibility index (Phi) is 4.00. The number of aromatic nitrogens is 2. The Labute approximate surface area is 127 Å². The molecule has 1 fully saturated rings. The Balaban J connectivity index is 1.77. The topological polar surface area (TPSA) is 35.2 Å². The predicted molar refractivity (Wildman–Crippen MR) is 87.5 cm³/mol. The van der Waals surface area contributed by atoms with Crippen molar-refractivity contribution in [3.8, 4) is 0 Å². The molecule has 1 atom stereocenters. The van der Waals surface area contributed by atoms with E-state index in [1.807, 2.05) is 0 Å². The molecule has 21 heavy (non-hydrogen) atoms. The van der Waals surface area contributed by atoms with E-state index >= 15 is 0 Å². The minimum Gasteiger partial charge on any atom is -0.341 e. The van der Waals surface area contributed by atoms with E-state index in [1.165, 1.54) is 31.5 Å². The molecule has 1 unspecified atom stereocenters. The Morgan fingerprint density at radius 2 is 2.05 bits per heavy atom. The molecule has 1 aromatic heterocycles. The molecule has 1 saturated heterocycles. The molecule has 0 aliphatic carbocycles. The van der Waals surface area contributed by atoms with Crippen LogP contribution in [0.25, 0.3) is 11.0 Å². The molecule has 1 aliphatic rings. The second-order valence-corrected chi connectivity index (χ2v) is 6.52. The highest BCUT2D eigenvalue weighted by atomic mass is 15.2. The molecule has 0 amide bonds. The number of nitrogens with zero attached hydrogens (tertiary/aromatic N) is 3. The van der Waals surface area contributed by atoms with Crippen molar-refractivity contribution in [2.24, 2.45) is 0 Å². The van der Waals surface area contributed by atoms with E-state index < -0.39 is 0 Å². The summed E-state index contributed by atoms with van der Waals surface area (Å²) >= 11 is 0. The summed E-state index contributed by atoms with van der Waals surface area (Å²) in [5.74, 6) is 1.08. The highest BCUT2D eigenvalue weighted by Crippen LogP contribution is 2.25. The van der Waals surface area contributed by atoms with E-state index in [1.54, 1.807) is 0 Å². The largest absolute Gasteiger partial charge is 0.341 e. The first kappa shape index (κ1) is 14.5. The summed E-state index contributed by atoms with van der Waals surface area (Å²) in [6, 6.07) is 7.39. The normalized spacial score (nSPS) is 19.5. The minimum atomic E-state index is 0.325. The summed E-state index contributed by atoms with van der Waals surface area (Å²) in [4.78, 5) is 13.2. The number of nitrogens with one attached hydrogen (secondary N) is 1. The van der Waals surface area contributed by atoms with Gasteiger partial charge >= 0.3 is 0 Å². The van der Waals surface area contributed by atoms with Crippen molar-refractivity contribution < 1.29 is 0 Å². The van der Waals surface area contributed by atoms with Crippen molar-refractivity contribution in [3.05, 3.63) is 29.6 Å². The summed E-state index contributed by atoms with van der Waals surface area (Å²) < 4.78 is 0. The fraction of sp³-hybridized carbons (Fsp3) is 0.588. The lowest BCUT2D eigenvalue weighted by Crippen LogP contribution is -2.43. The lowest BCUT2D eigenvalue weighted by molar-refractivity contribution is 0.111. The number of likely N-dealkylation sites (tertiary alicyclic amines) is 1. The zero-order valence-electron chi connectivity index (χ0n) is 13.6. The van der Waals surface area contributed by atoms with E-state index in [2.05, 4.69) is 60.9 Å². The van der Waals surface area contributed by atoms with Crippen LogP contribution in [0.5, 0.6) is 0 Å². The van der Waals surface area contributed by atoms with Crippen molar-refractivity contribution in [2.45, 2.75) is 38.8 Å². The van der Waals surface area contributed by atoms with Gasteiger partial charge in [-0.25, -0.2) is 4.98 Å². The third-order valence-electron chi connectivity index (χ3n) is 4.93. The second kappa shape index (κ2) is 5.78. The fourth-order valence-corrected chi connectivity index (χ4v) is 3.25. The first-order chi connectivity index (χ1) is 10.0.